The van der Waals surface area contributed by atoms with E-state index in [1.165, 1.54) is 12.1 Å². The van der Waals surface area contributed by atoms with E-state index in [1.54, 1.807) is 0 Å². The highest BCUT2D eigenvalue weighted by Crippen LogP contribution is 2.21. The van der Waals surface area contributed by atoms with Crippen LogP contribution in [-0.4, -0.2) is 22.5 Å². The van der Waals surface area contributed by atoms with E-state index in [1.807, 2.05) is 13.8 Å². The lowest BCUT2D eigenvalue weighted by Gasteiger charge is -2.14. The van der Waals surface area contributed by atoms with Crippen LogP contribution in [0.2, 0.25) is 0 Å². The van der Waals surface area contributed by atoms with Crippen molar-refractivity contribution < 1.29 is 4.92 Å². The normalized spacial score (nSPS) is 11.9. The molecular formula is C12H20N4O2. The molecule has 0 aliphatic carbocycles. The summed E-state index contributed by atoms with van der Waals surface area (Å²) in [6.07, 6.45) is 2.06. The average molecular weight is 252 g/mol. The van der Waals surface area contributed by atoms with E-state index in [0.717, 1.165) is 12.8 Å². The number of hydrogen-bond donors (Lipinski definition) is 2. The molecule has 1 aromatic rings. The number of pyridine rings is 1. The number of nitrogens with one attached hydrogen (secondary N) is 2. The maximum Gasteiger partial charge on any atom is 0.276 e. The fourth-order valence-electron chi connectivity index (χ4n) is 1.72. The van der Waals surface area contributed by atoms with Crippen LogP contribution in [0.3, 0.4) is 0 Å². The number of anilines is 2. The molecule has 0 saturated carbocycles. The number of aromatic nitrogens is 1. The summed E-state index contributed by atoms with van der Waals surface area (Å²) >= 11 is 0. The van der Waals surface area contributed by atoms with Gasteiger partial charge >= 0.3 is 0 Å². The predicted molar refractivity (Wildman–Crippen MR) is 73.0 cm³/mol. The molecule has 2 N–H and O–H groups in total. The Morgan fingerprint density at radius 1 is 1.39 bits per heavy atom. The Hall–Kier alpha value is -1.85. The number of nitro groups is 1. The summed E-state index contributed by atoms with van der Waals surface area (Å²) in [4.78, 5) is 14.7. The second-order valence-corrected chi connectivity index (χ2v) is 4.22. The number of nitrogens with zero attached hydrogens (tertiary/aromatic N) is 2. The van der Waals surface area contributed by atoms with Gasteiger partial charge in [-0.05, 0) is 20.3 Å². The van der Waals surface area contributed by atoms with Crippen LogP contribution in [0, 0.1) is 10.1 Å². The van der Waals surface area contributed by atoms with Gasteiger partial charge in [0.1, 0.15) is 11.6 Å². The molecule has 0 radical (unpaired) electrons. The van der Waals surface area contributed by atoms with Gasteiger partial charge in [0, 0.05) is 12.6 Å². The van der Waals surface area contributed by atoms with Crippen LogP contribution in [-0.2, 0) is 0 Å². The topological polar surface area (TPSA) is 80.1 Å². The van der Waals surface area contributed by atoms with Gasteiger partial charge in [0.25, 0.3) is 5.69 Å². The molecule has 0 saturated heterocycles. The summed E-state index contributed by atoms with van der Waals surface area (Å²) in [5, 5.41) is 17.0. The van der Waals surface area contributed by atoms with E-state index in [2.05, 4.69) is 22.5 Å². The molecule has 1 heterocycles. The predicted octanol–water partition coefficient (Wildman–Crippen LogP) is 3.02. The van der Waals surface area contributed by atoms with Crippen LogP contribution in [0.25, 0.3) is 0 Å². The molecule has 1 atom stereocenters. The third-order valence-corrected chi connectivity index (χ3v) is 2.49. The van der Waals surface area contributed by atoms with Crippen molar-refractivity contribution in [3.8, 4) is 0 Å². The lowest BCUT2D eigenvalue weighted by molar-refractivity contribution is -0.384. The molecular weight excluding hydrogens is 232 g/mol. The van der Waals surface area contributed by atoms with E-state index in [0.29, 0.717) is 18.2 Å². The molecule has 18 heavy (non-hydrogen) atoms. The van der Waals surface area contributed by atoms with E-state index in [9.17, 15) is 10.1 Å². The van der Waals surface area contributed by atoms with Gasteiger partial charge in [-0.15, -0.1) is 0 Å². The van der Waals surface area contributed by atoms with Crippen LogP contribution in [0.5, 0.6) is 0 Å². The first-order valence-corrected chi connectivity index (χ1v) is 6.23. The Morgan fingerprint density at radius 3 is 2.61 bits per heavy atom. The molecule has 6 heteroatoms. The molecule has 0 spiro atoms. The Morgan fingerprint density at radius 2 is 2.06 bits per heavy atom. The first-order chi connectivity index (χ1) is 8.56. The summed E-state index contributed by atoms with van der Waals surface area (Å²) in [6, 6.07) is 3.16. The minimum atomic E-state index is -0.405. The second-order valence-electron chi connectivity index (χ2n) is 4.22. The highest BCUT2D eigenvalue weighted by molar-refractivity contribution is 5.54. The molecule has 0 amide bonds. The van der Waals surface area contributed by atoms with Crippen molar-refractivity contribution in [3.63, 3.8) is 0 Å². The average Bonchev–Trinajstić information content (AvgIpc) is 2.29. The molecule has 0 fully saturated rings. The molecule has 1 aromatic heterocycles. The van der Waals surface area contributed by atoms with Gasteiger partial charge in [-0.25, -0.2) is 4.98 Å². The summed E-state index contributed by atoms with van der Waals surface area (Å²) in [5.74, 6) is 1.07. The summed E-state index contributed by atoms with van der Waals surface area (Å²) in [7, 11) is 0. The van der Waals surface area contributed by atoms with Gasteiger partial charge in [-0.1, -0.05) is 13.3 Å². The van der Waals surface area contributed by atoms with Crippen LogP contribution < -0.4 is 10.6 Å². The fourth-order valence-corrected chi connectivity index (χ4v) is 1.72. The lowest BCUT2D eigenvalue weighted by atomic mass is 10.2. The van der Waals surface area contributed by atoms with Crippen molar-refractivity contribution >= 4 is 17.3 Å². The molecule has 0 aliphatic rings. The Kier molecular flexibility index (Phi) is 5.35. The molecule has 0 bridgehead atoms. The van der Waals surface area contributed by atoms with Gasteiger partial charge in [-0.2, -0.15) is 0 Å². The minimum Gasteiger partial charge on any atom is -0.370 e. The monoisotopic (exact) mass is 252 g/mol. The first-order valence-electron chi connectivity index (χ1n) is 6.23. The highest BCUT2D eigenvalue weighted by atomic mass is 16.6. The summed E-state index contributed by atoms with van der Waals surface area (Å²) in [5.41, 5.74) is 0.0483. The van der Waals surface area contributed by atoms with E-state index in [-0.39, 0.29) is 11.7 Å². The van der Waals surface area contributed by atoms with Crippen molar-refractivity contribution in [1.29, 1.82) is 0 Å². The van der Waals surface area contributed by atoms with Gasteiger partial charge < -0.3 is 10.6 Å². The second kappa shape index (κ2) is 6.78. The largest absolute Gasteiger partial charge is 0.370 e. The maximum atomic E-state index is 10.8. The number of hydrogen-bond acceptors (Lipinski definition) is 5. The minimum absolute atomic E-state index is 0.0483. The van der Waals surface area contributed by atoms with Crippen LogP contribution >= 0.6 is 0 Å². The van der Waals surface area contributed by atoms with Crippen molar-refractivity contribution in [3.05, 3.63) is 22.2 Å². The third kappa shape index (κ3) is 4.20. The van der Waals surface area contributed by atoms with Crippen LogP contribution in [0.1, 0.15) is 33.6 Å². The lowest BCUT2D eigenvalue weighted by Crippen LogP contribution is -2.16. The van der Waals surface area contributed by atoms with Crippen molar-refractivity contribution in [1.82, 2.24) is 4.98 Å². The maximum absolute atomic E-state index is 10.8. The van der Waals surface area contributed by atoms with Crippen molar-refractivity contribution in [2.24, 2.45) is 0 Å². The zero-order valence-electron chi connectivity index (χ0n) is 11.1. The van der Waals surface area contributed by atoms with Crippen LogP contribution in [0.4, 0.5) is 17.3 Å². The molecule has 1 rings (SSSR count). The highest BCUT2D eigenvalue weighted by Gasteiger charge is 2.12. The molecule has 1 unspecified atom stereocenters. The SMILES string of the molecule is CCCC(C)Nc1cc([N+](=O)[O-])cc(NCC)n1. The smallest absolute Gasteiger partial charge is 0.276 e. The van der Waals surface area contributed by atoms with E-state index >= 15 is 0 Å². The quantitative estimate of drug-likeness (QED) is 0.576. The van der Waals surface area contributed by atoms with E-state index in [4.69, 9.17) is 0 Å². The summed E-state index contributed by atoms with van der Waals surface area (Å²) in [6.45, 7) is 6.74. The summed E-state index contributed by atoms with van der Waals surface area (Å²) < 4.78 is 0. The Bertz CT molecular complexity index is 409. The standard InChI is InChI=1S/C12H20N4O2/c1-4-6-9(3)14-12-8-10(16(17)18)7-11(15-12)13-5-2/h7-9H,4-6H2,1-3H3,(H2,13,14,15). The van der Waals surface area contributed by atoms with Gasteiger partial charge in [0.05, 0.1) is 17.1 Å². The van der Waals surface area contributed by atoms with Crippen LogP contribution in [0.15, 0.2) is 12.1 Å². The van der Waals surface area contributed by atoms with E-state index < -0.39 is 4.92 Å². The molecule has 100 valence electrons. The molecule has 0 aromatic carbocycles. The van der Waals surface area contributed by atoms with Crippen molar-refractivity contribution in [2.75, 3.05) is 17.2 Å². The Labute approximate surface area is 107 Å². The zero-order chi connectivity index (χ0) is 13.5. The zero-order valence-corrected chi connectivity index (χ0v) is 11.1. The molecule has 6 nitrogen and oxygen atoms in total. The third-order valence-electron chi connectivity index (χ3n) is 2.49. The number of rotatable bonds is 7. The first kappa shape index (κ1) is 14.2. The van der Waals surface area contributed by atoms with Crippen molar-refractivity contribution in [2.45, 2.75) is 39.7 Å². The fraction of sp³-hybridized carbons (Fsp3) is 0.583. The van der Waals surface area contributed by atoms with Gasteiger partial charge in [0.2, 0.25) is 0 Å². The van der Waals surface area contributed by atoms with Gasteiger partial charge in [-0.3, -0.25) is 10.1 Å². The van der Waals surface area contributed by atoms with Gasteiger partial charge in [0.15, 0.2) is 0 Å². The molecule has 0 aliphatic heterocycles. The Balaban J connectivity index is 2.91.